The van der Waals surface area contributed by atoms with Crippen LogP contribution in [-0.4, -0.2) is 43.2 Å². The first-order valence-electron chi connectivity index (χ1n) is 15.1. The first-order chi connectivity index (χ1) is 20.5. The Morgan fingerprint density at radius 2 is 1.64 bits per heavy atom. The Labute approximate surface area is 254 Å². The van der Waals surface area contributed by atoms with Crippen LogP contribution in [0.25, 0.3) is 11.1 Å². The van der Waals surface area contributed by atoms with Gasteiger partial charge in [0.15, 0.2) is 0 Å². The fourth-order valence-corrected chi connectivity index (χ4v) is 5.91. The molecule has 1 aliphatic heterocycles. The summed E-state index contributed by atoms with van der Waals surface area (Å²) in [5, 5.41) is 12.8. The number of nitrogens with zero attached hydrogens (tertiary/aromatic N) is 2. The third-order valence-electron chi connectivity index (χ3n) is 8.00. The zero-order valence-corrected chi connectivity index (χ0v) is 25.0. The van der Waals surface area contributed by atoms with Crippen molar-refractivity contribution in [1.29, 1.82) is 0 Å². The summed E-state index contributed by atoms with van der Waals surface area (Å²) >= 11 is 6.56. The van der Waals surface area contributed by atoms with Gasteiger partial charge in [-0.1, -0.05) is 80.1 Å². The average Bonchev–Trinajstić information content (AvgIpc) is 3.00. The van der Waals surface area contributed by atoms with Gasteiger partial charge >= 0.3 is 0 Å². The predicted molar refractivity (Wildman–Crippen MR) is 166 cm³/mol. The standard InChI is InChI=1S/C34H43ClFN3O3/c35-31-23-27(13-16-33(31)42-25-26-11-7-6-8-12-26)30-24-28(36)14-15-32(30)39(34(40)41)29-17-21-38(22-18-29)20-10-5-3-1-2-4-9-19-37/h6-8,11-16,23-24,29H,1-5,9-10,17-22,25,37H2,(H,40,41)/p-1. The third kappa shape index (κ3) is 9.18. The molecule has 1 amide bonds. The predicted octanol–water partition coefficient (Wildman–Crippen LogP) is 7.03. The van der Waals surface area contributed by atoms with E-state index in [0.29, 0.717) is 47.0 Å². The van der Waals surface area contributed by atoms with Crippen LogP contribution in [0.15, 0.2) is 66.7 Å². The van der Waals surface area contributed by atoms with E-state index < -0.39 is 11.9 Å². The van der Waals surface area contributed by atoms with E-state index in [2.05, 4.69) is 4.90 Å². The minimum Gasteiger partial charge on any atom is -0.530 e. The molecule has 0 aromatic heterocycles. The van der Waals surface area contributed by atoms with Crippen LogP contribution in [0.3, 0.4) is 0 Å². The average molecular weight is 595 g/mol. The summed E-state index contributed by atoms with van der Waals surface area (Å²) in [6, 6.07) is 18.9. The molecule has 4 rings (SSSR count). The highest BCUT2D eigenvalue weighted by atomic mass is 35.5. The lowest BCUT2D eigenvalue weighted by Gasteiger charge is -2.40. The fourth-order valence-electron chi connectivity index (χ4n) is 5.68. The van der Waals surface area contributed by atoms with Crippen LogP contribution in [0.4, 0.5) is 14.9 Å². The van der Waals surface area contributed by atoms with Gasteiger partial charge in [0.1, 0.15) is 24.3 Å². The highest BCUT2D eigenvalue weighted by molar-refractivity contribution is 6.32. The van der Waals surface area contributed by atoms with Crippen LogP contribution in [0, 0.1) is 5.82 Å². The van der Waals surface area contributed by atoms with E-state index in [1.807, 2.05) is 30.3 Å². The number of piperidine rings is 1. The number of benzene rings is 3. The number of carbonyl (C=O) groups is 1. The fraction of sp³-hybridized carbons (Fsp3) is 0.441. The van der Waals surface area contributed by atoms with Crippen molar-refractivity contribution in [1.82, 2.24) is 4.90 Å². The van der Waals surface area contributed by atoms with Gasteiger partial charge in [0, 0.05) is 24.7 Å². The van der Waals surface area contributed by atoms with Crippen molar-refractivity contribution in [2.24, 2.45) is 5.73 Å². The van der Waals surface area contributed by atoms with Gasteiger partial charge in [-0.2, -0.15) is 0 Å². The summed E-state index contributed by atoms with van der Waals surface area (Å²) in [6.45, 7) is 3.80. The van der Waals surface area contributed by atoms with Crippen molar-refractivity contribution in [3.05, 3.63) is 83.1 Å². The van der Waals surface area contributed by atoms with E-state index in [1.54, 1.807) is 18.2 Å². The van der Waals surface area contributed by atoms with Gasteiger partial charge in [0.25, 0.3) is 0 Å². The summed E-state index contributed by atoms with van der Waals surface area (Å²) in [5.74, 6) is 0.0414. The molecule has 6 nitrogen and oxygen atoms in total. The van der Waals surface area contributed by atoms with Crippen LogP contribution < -0.4 is 20.5 Å². The smallest absolute Gasteiger partial charge is 0.141 e. The Balaban J connectivity index is 1.39. The van der Waals surface area contributed by atoms with Gasteiger partial charge in [-0.3, -0.25) is 0 Å². The number of anilines is 1. The van der Waals surface area contributed by atoms with E-state index >= 15 is 0 Å². The molecule has 42 heavy (non-hydrogen) atoms. The molecule has 1 aliphatic rings. The summed E-state index contributed by atoms with van der Waals surface area (Å²) in [7, 11) is 0. The number of rotatable bonds is 15. The summed E-state index contributed by atoms with van der Waals surface area (Å²) in [5.41, 5.74) is 8.02. The molecule has 0 aliphatic carbocycles. The van der Waals surface area contributed by atoms with Crippen molar-refractivity contribution in [2.45, 2.75) is 70.4 Å². The number of ether oxygens (including phenoxy) is 1. The number of likely N-dealkylation sites (tertiary alicyclic amines) is 1. The monoisotopic (exact) mass is 594 g/mol. The molecule has 2 N–H and O–H groups in total. The lowest BCUT2D eigenvalue weighted by Crippen LogP contribution is -2.52. The van der Waals surface area contributed by atoms with Gasteiger partial charge in [-0.25, -0.2) is 4.39 Å². The lowest BCUT2D eigenvalue weighted by atomic mass is 9.98. The second kappa shape index (κ2) is 16.5. The van der Waals surface area contributed by atoms with E-state index in [4.69, 9.17) is 22.1 Å². The van der Waals surface area contributed by atoms with Crippen LogP contribution in [0.5, 0.6) is 5.75 Å². The number of hydrogen-bond acceptors (Lipinski definition) is 5. The van der Waals surface area contributed by atoms with Gasteiger partial charge in [0.05, 0.1) is 10.7 Å². The molecule has 226 valence electrons. The molecule has 0 unspecified atom stereocenters. The zero-order valence-electron chi connectivity index (χ0n) is 24.3. The maximum Gasteiger partial charge on any atom is 0.141 e. The minimum atomic E-state index is -1.29. The highest BCUT2D eigenvalue weighted by Gasteiger charge is 2.27. The van der Waals surface area contributed by atoms with Crippen molar-refractivity contribution >= 4 is 23.4 Å². The number of unbranched alkanes of at least 4 members (excludes halogenated alkanes) is 6. The van der Waals surface area contributed by atoms with Gasteiger partial charge < -0.3 is 30.2 Å². The molecule has 3 aromatic carbocycles. The van der Waals surface area contributed by atoms with Gasteiger partial charge in [-0.05, 0) is 80.2 Å². The van der Waals surface area contributed by atoms with Crippen molar-refractivity contribution in [3.8, 4) is 16.9 Å². The molecule has 1 fully saturated rings. The lowest BCUT2D eigenvalue weighted by molar-refractivity contribution is -0.247. The normalized spacial score (nSPS) is 14.2. The Bertz CT molecular complexity index is 1270. The summed E-state index contributed by atoms with van der Waals surface area (Å²) in [4.78, 5) is 16.2. The van der Waals surface area contributed by atoms with Crippen molar-refractivity contribution in [2.75, 3.05) is 31.1 Å². The SMILES string of the molecule is NCCCCCCCCCN1CCC(N(C(=O)[O-])c2ccc(F)cc2-c2ccc(OCc3ccccc3)c(Cl)c2)CC1. The van der Waals surface area contributed by atoms with E-state index in [1.165, 1.54) is 55.2 Å². The Hall–Kier alpha value is -3.13. The molecule has 0 saturated carbocycles. The Morgan fingerprint density at radius 1 is 0.952 bits per heavy atom. The molecule has 0 radical (unpaired) electrons. The minimum absolute atomic E-state index is 0.248. The molecular formula is C34H42ClFN3O3-. The topological polar surface area (TPSA) is 81.9 Å². The number of amides is 1. The second-order valence-corrected chi connectivity index (χ2v) is 11.5. The number of carboxylic acid groups (broad SMARTS) is 1. The third-order valence-corrected chi connectivity index (χ3v) is 8.29. The first kappa shape index (κ1) is 31.8. The highest BCUT2D eigenvalue weighted by Crippen LogP contribution is 2.38. The van der Waals surface area contributed by atoms with Gasteiger partial charge in [0.2, 0.25) is 0 Å². The second-order valence-electron chi connectivity index (χ2n) is 11.1. The largest absolute Gasteiger partial charge is 0.530 e. The van der Waals surface area contributed by atoms with Crippen molar-refractivity contribution in [3.63, 3.8) is 0 Å². The Morgan fingerprint density at radius 3 is 2.31 bits per heavy atom. The molecule has 8 heteroatoms. The van der Waals surface area contributed by atoms with Crippen LogP contribution >= 0.6 is 11.6 Å². The maximum atomic E-state index is 14.5. The van der Waals surface area contributed by atoms with E-state index in [0.717, 1.165) is 44.6 Å². The molecular weight excluding hydrogens is 553 g/mol. The van der Waals surface area contributed by atoms with Gasteiger partial charge in [-0.15, -0.1) is 0 Å². The Kier molecular flexibility index (Phi) is 12.5. The zero-order chi connectivity index (χ0) is 29.7. The number of halogens is 2. The quantitative estimate of drug-likeness (QED) is 0.191. The molecule has 3 aromatic rings. The molecule has 0 bridgehead atoms. The summed E-state index contributed by atoms with van der Waals surface area (Å²) < 4.78 is 20.4. The first-order valence-corrected chi connectivity index (χ1v) is 15.5. The van der Waals surface area contributed by atoms with Crippen LogP contribution in [0.2, 0.25) is 5.02 Å². The molecule has 1 heterocycles. The van der Waals surface area contributed by atoms with Crippen LogP contribution in [-0.2, 0) is 6.61 Å². The molecule has 0 atom stereocenters. The summed E-state index contributed by atoms with van der Waals surface area (Å²) in [6.07, 6.45) is 8.56. The molecule has 1 saturated heterocycles. The number of nitrogens with two attached hydrogens (primary N) is 1. The number of hydrogen-bond donors (Lipinski definition) is 1. The molecule has 0 spiro atoms. The van der Waals surface area contributed by atoms with Crippen molar-refractivity contribution < 1.29 is 19.0 Å². The van der Waals surface area contributed by atoms with Crippen LogP contribution in [0.1, 0.15) is 63.4 Å². The number of carbonyl (C=O) groups excluding carboxylic acids is 1. The maximum absolute atomic E-state index is 14.5. The van der Waals surface area contributed by atoms with E-state index in [-0.39, 0.29) is 6.04 Å². The van der Waals surface area contributed by atoms with E-state index in [9.17, 15) is 14.3 Å².